The molecule has 13 heteroatoms. The third-order valence-corrected chi connectivity index (χ3v) is 15.8. The van der Waals surface area contributed by atoms with Crippen molar-refractivity contribution >= 4 is 16.3 Å². The Labute approximate surface area is 455 Å². The number of aliphatic hydroxyl groups is 4. The van der Waals surface area contributed by atoms with Crippen LogP contribution < -0.4 is 5.32 Å². The summed E-state index contributed by atoms with van der Waals surface area (Å²) in [5.41, 5.74) is 0. The summed E-state index contributed by atoms with van der Waals surface area (Å²) in [7, 11) is -5.09. The topological polar surface area (TPSA) is 192 Å². The summed E-state index contributed by atoms with van der Waals surface area (Å²) >= 11 is 0. The number of amides is 1. The van der Waals surface area contributed by atoms with Crippen molar-refractivity contribution < 1.29 is 51.8 Å². The lowest BCUT2D eigenvalue weighted by molar-refractivity contribution is -0.298. The van der Waals surface area contributed by atoms with Gasteiger partial charge in [-0.15, -0.1) is 0 Å². The first-order valence-corrected chi connectivity index (χ1v) is 32.9. The molecule has 1 heterocycles. The fourth-order valence-corrected chi connectivity index (χ4v) is 11.0. The monoisotopic (exact) mass is 1070 g/mol. The van der Waals surface area contributed by atoms with Gasteiger partial charge in [0.25, 0.3) is 0 Å². The van der Waals surface area contributed by atoms with Crippen LogP contribution in [0.25, 0.3) is 0 Å². The van der Waals surface area contributed by atoms with Gasteiger partial charge >= 0.3 is 10.4 Å². The molecular weight excluding hydrogens is 955 g/mol. The molecule has 1 amide bonds. The molecule has 0 saturated carbocycles. The maximum absolute atomic E-state index is 13.2. The minimum absolute atomic E-state index is 0.254. The van der Waals surface area contributed by atoms with E-state index < -0.39 is 59.9 Å². The van der Waals surface area contributed by atoms with Gasteiger partial charge < -0.3 is 35.2 Å². The molecule has 1 aliphatic heterocycles. The molecule has 0 aliphatic carbocycles. The Kier molecular flexibility index (Phi) is 49.1. The van der Waals surface area contributed by atoms with Crippen LogP contribution in [0.1, 0.15) is 316 Å². The lowest BCUT2D eigenvalue weighted by Crippen LogP contribution is -2.61. The van der Waals surface area contributed by atoms with Gasteiger partial charge in [0, 0.05) is 6.42 Å². The normalized spacial score (nSPS) is 19.1. The van der Waals surface area contributed by atoms with Crippen molar-refractivity contribution in [1.29, 1.82) is 0 Å². The first-order valence-electron chi connectivity index (χ1n) is 31.6. The molecule has 1 aliphatic rings. The van der Waals surface area contributed by atoms with Crippen molar-refractivity contribution in [2.75, 3.05) is 13.2 Å². The standard InChI is InChI=1S/C61H119NO11S/c1-3-5-7-9-11-13-15-17-19-21-23-25-27-29-31-33-35-37-39-41-43-45-47-49-51-57(65)62-54(53-71-61-59(67)60(73-74(68,69)70)58(66)56(52-63)72-61)55(64)50-48-46-44-42-40-38-36-34-32-30-28-26-24-22-20-18-16-14-12-10-8-6-4-2/h48,50,54-56,58-61,63-64,66-67H,3-47,49,51-53H2,1-2H3,(H,62,65)(H,68,69,70)/b50-48+. The second-order valence-corrected chi connectivity index (χ2v) is 23.4. The minimum Gasteiger partial charge on any atom is -0.394 e. The zero-order valence-electron chi connectivity index (χ0n) is 47.9. The summed E-state index contributed by atoms with van der Waals surface area (Å²) in [6.45, 7) is 3.46. The third-order valence-electron chi connectivity index (χ3n) is 15.3. The Bertz CT molecular complexity index is 1350. The highest BCUT2D eigenvalue weighted by Gasteiger charge is 2.48. The Balaban J connectivity index is 2.32. The van der Waals surface area contributed by atoms with Crippen molar-refractivity contribution in [2.45, 2.75) is 358 Å². The molecule has 0 bridgehead atoms. The zero-order valence-corrected chi connectivity index (χ0v) is 48.8. The number of allylic oxidation sites excluding steroid dienone is 1. The van der Waals surface area contributed by atoms with Gasteiger partial charge in [-0.05, 0) is 19.3 Å². The van der Waals surface area contributed by atoms with E-state index in [0.29, 0.717) is 6.42 Å². The molecule has 0 spiro atoms. The van der Waals surface area contributed by atoms with Crippen molar-refractivity contribution in [2.24, 2.45) is 0 Å². The summed E-state index contributed by atoms with van der Waals surface area (Å²) in [5, 5.41) is 45.1. The van der Waals surface area contributed by atoms with Gasteiger partial charge in [-0.3, -0.25) is 9.35 Å². The van der Waals surface area contributed by atoms with Gasteiger partial charge in [0.1, 0.15) is 24.4 Å². The number of carbonyl (C=O) groups excluding carboxylic acids is 1. The third kappa shape index (κ3) is 42.8. The molecule has 0 aromatic carbocycles. The van der Waals surface area contributed by atoms with Crippen LogP contribution in [0.15, 0.2) is 12.2 Å². The van der Waals surface area contributed by atoms with Crippen LogP contribution in [0.5, 0.6) is 0 Å². The molecule has 440 valence electrons. The second kappa shape index (κ2) is 51.3. The van der Waals surface area contributed by atoms with E-state index in [9.17, 15) is 38.2 Å². The van der Waals surface area contributed by atoms with E-state index in [1.165, 1.54) is 250 Å². The molecule has 12 nitrogen and oxygen atoms in total. The Hall–Kier alpha value is -1.16. The molecule has 1 rings (SSSR count). The maximum atomic E-state index is 13.2. The minimum atomic E-state index is -5.09. The van der Waals surface area contributed by atoms with Crippen LogP contribution in [0.3, 0.4) is 0 Å². The van der Waals surface area contributed by atoms with Crippen LogP contribution in [-0.4, -0.2) is 95.4 Å². The summed E-state index contributed by atoms with van der Waals surface area (Å²) in [5.74, 6) is -0.254. The lowest BCUT2D eigenvalue weighted by atomic mass is 9.99. The molecule has 6 N–H and O–H groups in total. The molecule has 1 saturated heterocycles. The highest BCUT2D eigenvalue weighted by Crippen LogP contribution is 2.26. The van der Waals surface area contributed by atoms with Crippen molar-refractivity contribution in [1.82, 2.24) is 5.32 Å². The fraction of sp³-hybridized carbons (Fsp3) is 0.951. The second-order valence-electron chi connectivity index (χ2n) is 22.4. The van der Waals surface area contributed by atoms with Crippen molar-refractivity contribution in [3.8, 4) is 0 Å². The van der Waals surface area contributed by atoms with E-state index in [4.69, 9.17) is 9.47 Å². The Morgan fingerprint density at radius 1 is 0.527 bits per heavy atom. The number of hydrogen-bond donors (Lipinski definition) is 6. The molecule has 0 aromatic rings. The number of nitrogens with one attached hydrogen (secondary N) is 1. The van der Waals surface area contributed by atoms with Crippen LogP contribution >= 0.6 is 0 Å². The number of rotatable bonds is 56. The Morgan fingerprint density at radius 3 is 1.18 bits per heavy atom. The van der Waals surface area contributed by atoms with Gasteiger partial charge in [-0.1, -0.05) is 302 Å². The van der Waals surface area contributed by atoms with Gasteiger partial charge in [0.05, 0.1) is 25.4 Å². The van der Waals surface area contributed by atoms with Gasteiger partial charge in [-0.25, -0.2) is 4.18 Å². The number of carbonyl (C=O) groups is 1. The first kappa shape index (κ1) is 70.9. The lowest BCUT2D eigenvalue weighted by Gasteiger charge is -2.41. The molecule has 74 heavy (non-hydrogen) atoms. The number of unbranched alkanes of at least 4 members (excludes halogenated alkanes) is 44. The van der Waals surface area contributed by atoms with E-state index in [1.807, 2.05) is 6.08 Å². The maximum Gasteiger partial charge on any atom is 0.397 e. The van der Waals surface area contributed by atoms with Crippen molar-refractivity contribution in [3.05, 3.63) is 12.2 Å². The highest BCUT2D eigenvalue weighted by atomic mass is 32.3. The molecular formula is C61H119NO11S. The molecule has 1 fully saturated rings. The summed E-state index contributed by atoms with van der Waals surface area (Å²) < 4.78 is 47.9. The zero-order chi connectivity index (χ0) is 54.0. The summed E-state index contributed by atoms with van der Waals surface area (Å²) in [6.07, 6.45) is 54.1. The highest BCUT2D eigenvalue weighted by molar-refractivity contribution is 7.80. The number of hydrogen-bond acceptors (Lipinski definition) is 10. The first-order chi connectivity index (χ1) is 36.0. The van der Waals surface area contributed by atoms with E-state index in [1.54, 1.807) is 6.08 Å². The molecule has 7 atom stereocenters. The molecule has 0 aromatic heterocycles. The molecule has 7 unspecified atom stereocenters. The van der Waals surface area contributed by atoms with Gasteiger partial charge in [-0.2, -0.15) is 8.42 Å². The summed E-state index contributed by atoms with van der Waals surface area (Å²) in [6, 6.07) is -0.941. The largest absolute Gasteiger partial charge is 0.397 e. The van der Waals surface area contributed by atoms with E-state index >= 15 is 0 Å². The van der Waals surface area contributed by atoms with E-state index in [0.717, 1.165) is 38.5 Å². The van der Waals surface area contributed by atoms with Crippen LogP contribution in [0, 0.1) is 0 Å². The fourth-order valence-electron chi connectivity index (χ4n) is 10.5. The van der Waals surface area contributed by atoms with Crippen LogP contribution in [0.4, 0.5) is 0 Å². The number of aliphatic hydroxyl groups excluding tert-OH is 4. The van der Waals surface area contributed by atoms with E-state index in [-0.39, 0.29) is 18.9 Å². The predicted molar refractivity (Wildman–Crippen MR) is 306 cm³/mol. The van der Waals surface area contributed by atoms with E-state index in [2.05, 4.69) is 23.3 Å². The quantitative estimate of drug-likeness (QED) is 0.0193. The Morgan fingerprint density at radius 2 is 0.851 bits per heavy atom. The summed E-state index contributed by atoms with van der Waals surface area (Å²) in [4.78, 5) is 13.2. The average molecular weight is 1070 g/mol. The molecule has 0 radical (unpaired) electrons. The SMILES string of the molecule is CCCCCCCCCCCCCCCCCCCCCCC/C=C/C(O)C(COC1OC(CO)C(O)C(OS(=O)(=O)O)C1O)NC(=O)CCCCCCCCCCCCCCCCCCCCCCCCCC. The van der Waals surface area contributed by atoms with Crippen LogP contribution in [-0.2, 0) is 28.9 Å². The predicted octanol–water partition coefficient (Wildman–Crippen LogP) is 15.4. The van der Waals surface area contributed by atoms with Crippen molar-refractivity contribution in [3.63, 3.8) is 0 Å². The average Bonchev–Trinajstić information content (AvgIpc) is 3.38. The van der Waals surface area contributed by atoms with Crippen LogP contribution in [0.2, 0.25) is 0 Å². The smallest absolute Gasteiger partial charge is 0.394 e. The van der Waals surface area contributed by atoms with Gasteiger partial charge in [0.15, 0.2) is 6.29 Å². The number of ether oxygens (including phenoxy) is 2. The van der Waals surface area contributed by atoms with Gasteiger partial charge in [0.2, 0.25) is 5.91 Å².